The van der Waals surface area contributed by atoms with Crippen LogP contribution in [0, 0.1) is 5.92 Å². The molecule has 0 spiro atoms. The Balaban J connectivity index is 3.22. The number of hydrogen-bond acceptors (Lipinski definition) is 4. The lowest BCUT2D eigenvalue weighted by Crippen LogP contribution is -2.18. The third kappa shape index (κ3) is 2.88. The molecule has 0 aromatic heterocycles. The van der Waals surface area contributed by atoms with Crippen molar-refractivity contribution in [1.29, 1.82) is 0 Å². The van der Waals surface area contributed by atoms with E-state index in [0.717, 1.165) is 12.0 Å². The minimum absolute atomic E-state index is 0.0382. The summed E-state index contributed by atoms with van der Waals surface area (Å²) in [5, 5.41) is 0. The van der Waals surface area contributed by atoms with Crippen LogP contribution in [0.15, 0.2) is 12.1 Å². The molecule has 0 amide bonds. The van der Waals surface area contributed by atoms with E-state index < -0.39 is 0 Å². The minimum Gasteiger partial charge on any atom is -0.493 e. The van der Waals surface area contributed by atoms with Crippen molar-refractivity contribution < 1.29 is 14.2 Å². The summed E-state index contributed by atoms with van der Waals surface area (Å²) in [5.74, 6) is 2.28. The van der Waals surface area contributed by atoms with Crippen LogP contribution in [-0.4, -0.2) is 21.3 Å². The third-order valence-corrected chi connectivity index (χ3v) is 3.33. The van der Waals surface area contributed by atoms with E-state index in [0.29, 0.717) is 23.2 Å². The van der Waals surface area contributed by atoms with E-state index >= 15 is 0 Å². The molecule has 1 aromatic carbocycles. The maximum atomic E-state index is 6.24. The van der Waals surface area contributed by atoms with E-state index in [9.17, 15) is 0 Å². The zero-order valence-electron chi connectivity index (χ0n) is 11.8. The highest BCUT2D eigenvalue weighted by Gasteiger charge is 2.19. The molecule has 0 saturated heterocycles. The molecular formula is C14H23NO3. The fraction of sp³-hybridized carbons (Fsp3) is 0.571. The van der Waals surface area contributed by atoms with Crippen molar-refractivity contribution in [3.8, 4) is 17.2 Å². The van der Waals surface area contributed by atoms with Gasteiger partial charge in [-0.15, -0.1) is 0 Å². The molecule has 0 aliphatic carbocycles. The van der Waals surface area contributed by atoms with Crippen LogP contribution in [0.1, 0.15) is 31.9 Å². The lowest BCUT2D eigenvalue weighted by atomic mass is 9.93. The normalized spacial score (nSPS) is 13.9. The Kier molecular flexibility index (Phi) is 5.28. The van der Waals surface area contributed by atoms with E-state index in [-0.39, 0.29) is 6.04 Å². The third-order valence-electron chi connectivity index (χ3n) is 3.33. The lowest BCUT2D eigenvalue weighted by Gasteiger charge is -2.21. The summed E-state index contributed by atoms with van der Waals surface area (Å²) in [7, 11) is 4.81. The van der Waals surface area contributed by atoms with Gasteiger partial charge in [-0.05, 0) is 23.6 Å². The van der Waals surface area contributed by atoms with Crippen LogP contribution in [0.25, 0.3) is 0 Å². The van der Waals surface area contributed by atoms with Crippen molar-refractivity contribution in [2.24, 2.45) is 11.7 Å². The Labute approximate surface area is 109 Å². The van der Waals surface area contributed by atoms with Gasteiger partial charge in [-0.3, -0.25) is 0 Å². The molecule has 0 aliphatic heterocycles. The number of ether oxygens (including phenoxy) is 3. The Morgan fingerprint density at radius 2 is 1.56 bits per heavy atom. The first-order valence-corrected chi connectivity index (χ1v) is 6.14. The Bertz CT molecular complexity index is 368. The van der Waals surface area contributed by atoms with Crippen LogP contribution < -0.4 is 19.9 Å². The molecule has 0 heterocycles. The molecule has 0 bridgehead atoms. The molecule has 102 valence electrons. The summed E-state index contributed by atoms with van der Waals surface area (Å²) in [4.78, 5) is 0. The molecule has 1 unspecified atom stereocenters. The van der Waals surface area contributed by atoms with Crippen molar-refractivity contribution in [2.45, 2.75) is 26.3 Å². The zero-order valence-corrected chi connectivity index (χ0v) is 11.8. The lowest BCUT2D eigenvalue weighted by molar-refractivity contribution is 0.322. The highest BCUT2D eigenvalue weighted by atomic mass is 16.5. The number of hydrogen-bond donors (Lipinski definition) is 1. The summed E-state index contributed by atoms with van der Waals surface area (Å²) in [6.45, 7) is 4.26. The molecule has 1 rings (SSSR count). The van der Waals surface area contributed by atoms with E-state index in [1.54, 1.807) is 21.3 Å². The predicted octanol–water partition coefficient (Wildman–Crippen LogP) is 2.76. The van der Waals surface area contributed by atoms with Crippen molar-refractivity contribution >= 4 is 0 Å². The van der Waals surface area contributed by atoms with Crippen LogP contribution in [-0.2, 0) is 0 Å². The minimum atomic E-state index is -0.0382. The highest BCUT2D eigenvalue weighted by molar-refractivity contribution is 5.54. The van der Waals surface area contributed by atoms with E-state index in [4.69, 9.17) is 19.9 Å². The van der Waals surface area contributed by atoms with E-state index in [2.05, 4.69) is 13.8 Å². The van der Waals surface area contributed by atoms with Gasteiger partial charge in [0.25, 0.3) is 0 Å². The molecule has 1 aromatic rings. The Hall–Kier alpha value is -1.42. The van der Waals surface area contributed by atoms with Gasteiger partial charge in [-0.25, -0.2) is 0 Å². The standard InChI is InChI=1S/C14H23NO3/c1-6-9(2)13(15)10-7-11(16-3)14(18-5)12(8-10)17-4/h7-9,13H,6,15H2,1-5H3/t9?,13-/m0/s1. The van der Waals surface area contributed by atoms with Gasteiger partial charge in [0.05, 0.1) is 21.3 Å². The van der Waals surface area contributed by atoms with Gasteiger partial charge < -0.3 is 19.9 Å². The van der Waals surface area contributed by atoms with Crippen LogP contribution >= 0.6 is 0 Å². The van der Waals surface area contributed by atoms with E-state index in [1.807, 2.05) is 12.1 Å². The Morgan fingerprint density at radius 1 is 1.06 bits per heavy atom. The molecule has 0 radical (unpaired) electrons. The second-order valence-corrected chi connectivity index (χ2v) is 4.37. The van der Waals surface area contributed by atoms with Gasteiger partial charge in [-0.2, -0.15) is 0 Å². The first-order chi connectivity index (χ1) is 8.58. The number of benzene rings is 1. The van der Waals surface area contributed by atoms with Gasteiger partial charge in [0.2, 0.25) is 5.75 Å². The summed E-state index contributed by atoms with van der Waals surface area (Å²) >= 11 is 0. The number of methoxy groups -OCH3 is 3. The summed E-state index contributed by atoms with van der Waals surface area (Å²) < 4.78 is 15.9. The molecule has 4 nitrogen and oxygen atoms in total. The Morgan fingerprint density at radius 3 is 1.89 bits per heavy atom. The molecule has 2 N–H and O–H groups in total. The van der Waals surface area contributed by atoms with Crippen molar-refractivity contribution in [3.05, 3.63) is 17.7 Å². The molecule has 2 atom stereocenters. The van der Waals surface area contributed by atoms with Crippen LogP contribution in [0.4, 0.5) is 0 Å². The summed E-state index contributed by atoms with van der Waals surface area (Å²) in [5.41, 5.74) is 7.23. The monoisotopic (exact) mass is 253 g/mol. The molecule has 0 aliphatic rings. The molecule has 4 heteroatoms. The average molecular weight is 253 g/mol. The van der Waals surface area contributed by atoms with Crippen LogP contribution in [0.3, 0.4) is 0 Å². The van der Waals surface area contributed by atoms with Crippen LogP contribution in [0.5, 0.6) is 17.2 Å². The SMILES string of the molecule is CCC(C)[C@H](N)c1cc(OC)c(OC)c(OC)c1. The van der Waals surface area contributed by atoms with Gasteiger partial charge >= 0.3 is 0 Å². The maximum Gasteiger partial charge on any atom is 0.203 e. The van der Waals surface area contributed by atoms with Gasteiger partial charge in [0.1, 0.15) is 0 Å². The first kappa shape index (κ1) is 14.6. The molecule has 18 heavy (non-hydrogen) atoms. The molecule has 0 saturated carbocycles. The van der Waals surface area contributed by atoms with Crippen LogP contribution in [0.2, 0.25) is 0 Å². The fourth-order valence-electron chi connectivity index (χ4n) is 1.88. The predicted molar refractivity (Wildman–Crippen MR) is 72.5 cm³/mol. The average Bonchev–Trinajstić information content (AvgIpc) is 2.43. The van der Waals surface area contributed by atoms with Gasteiger partial charge in [0, 0.05) is 6.04 Å². The largest absolute Gasteiger partial charge is 0.493 e. The molecular weight excluding hydrogens is 230 g/mol. The number of nitrogens with two attached hydrogens (primary N) is 1. The summed E-state index contributed by atoms with van der Waals surface area (Å²) in [6, 6.07) is 3.79. The second kappa shape index (κ2) is 6.50. The van der Waals surface area contributed by atoms with Gasteiger partial charge in [-0.1, -0.05) is 20.3 Å². The van der Waals surface area contributed by atoms with Crippen molar-refractivity contribution in [3.63, 3.8) is 0 Å². The molecule has 0 fully saturated rings. The maximum absolute atomic E-state index is 6.24. The summed E-state index contributed by atoms with van der Waals surface area (Å²) in [6.07, 6.45) is 1.03. The highest BCUT2D eigenvalue weighted by Crippen LogP contribution is 2.40. The second-order valence-electron chi connectivity index (χ2n) is 4.37. The first-order valence-electron chi connectivity index (χ1n) is 6.14. The van der Waals surface area contributed by atoms with Gasteiger partial charge in [0.15, 0.2) is 11.5 Å². The van der Waals surface area contributed by atoms with Crippen molar-refractivity contribution in [1.82, 2.24) is 0 Å². The quantitative estimate of drug-likeness (QED) is 0.847. The fourth-order valence-corrected chi connectivity index (χ4v) is 1.88. The topological polar surface area (TPSA) is 53.7 Å². The number of rotatable bonds is 6. The smallest absolute Gasteiger partial charge is 0.203 e. The zero-order chi connectivity index (χ0) is 13.7. The van der Waals surface area contributed by atoms with Crippen molar-refractivity contribution in [2.75, 3.05) is 21.3 Å². The van der Waals surface area contributed by atoms with E-state index in [1.165, 1.54) is 0 Å².